The van der Waals surface area contributed by atoms with E-state index in [1.54, 1.807) is 23.7 Å². The second-order valence-electron chi connectivity index (χ2n) is 13.9. The number of fused-ring (bicyclic) bond motifs is 6. The molecule has 0 aliphatic heterocycles. The fraction of sp³-hybridized carbons (Fsp3) is 0. The molecular weight excluding hydrogens is 705 g/mol. The highest BCUT2D eigenvalue weighted by molar-refractivity contribution is 7.25. The molecule has 7 aromatic carbocycles. The lowest BCUT2D eigenvalue weighted by Crippen LogP contribution is -2.09. The normalized spacial score (nSPS) is 11.6. The molecule has 262 valence electrons. The Labute approximate surface area is 326 Å². The summed E-state index contributed by atoms with van der Waals surface area (Å²) < 4.78 is 1.24. The quantitative estimate of drug-likeness (QED) is 0.169. The van der Waals surface area contributed by atoms with Crippen molar-refractivity contribution in [1.29, 1.82) is 0 Å². The second kappa shape index (κ2) is 13.2. The van der Waals surface area contributed by atoms with E-state index in [2.05, 4.69) is 183 Å². The van der Waals surface area contributed by atoms with Gasteiger partial charge in [0.25, 0.3) is 0 Å². The van der Waals surface area contributed by atoms with Crippen LogP contribution in [0.2, 0.25) is 0 Å². The van der Waals surface area contributed by atoms with E-state index in [4.69, 9.17) is 4.98 Å². The third-order valence-electron chi connectivity index (χ3n) is 10.6. The first kappa shape index (κ1) is 32.1. The Kier molecular flexibility index (Phi) is 7.57. The molecule has 6 nitrogen and oxygen atoms in total. The van der Waals surface area contributed by atoms with E-state index in [9.17, 15) is 0 Å². The molecule has 0 atom stereocenters. The van der Waals surface area contributed by atoms with Gasteiger partial charge in [0, 0.05) is 54.3 Å². The van der Waals surface area contributed by atoms with Gasteiger partial charge >= 0.3 is 0 Å². The Morgan fingerprint density at radius 2 is 0.911 bits per heavy atom. The van der Waals surface area contributed by atoms with E-state index in [0.717, 1.165) is 82.4 Å². The molecule has 0 spiro atoms. The van der Waals surface area contributed by atoms with Crippen LogP contribution < -0.4 is 4.90 Å². The van der Waals surface area contributed by atoms with Gasteiger partial charge in [-0.2, -0.15) is 20.4 Å². The molecule has 0 amide bonds. The highest BCUT2D eigenvalue weighted by Gasteiger charge is 2.18. The molecule has 56 heavy (non-hydrogen) atoms. The summed E-state index contributed by atoms with van der Waals surface area (Å²) in [6.07, 6.45) is 3.45. The number of pyridine rings is 1. The van der Waals surface area contributed by atoms with Crippen molar-refractivity contribution in [2.24, 2.45) is 0 Å². The van der Waals surface area contributed by atoms with E-state index in [1.807, 2.05) is 12.1 Å². The Morgan fingerprint density at radius 3 is 1.50 bits per heavy atom. The van der Waals surface area contributed by atoms with E-state index in [0.29, 0.717) is 0 Å². The van der Waals surface area contributed by atoms with Crippen molar-refractivity contribution >= 4 is 81.4 Å². The molecule has 4 heterocycles. The number of anilines is 3. The topological polar surface area (TPSA) is 67.7 Å². The summed E-state index contributed by atoms with van der Waals surface area (Å²) in [5.41, 5.74) is 12.7. The van der Waals surface area contributed by atoms with Crippen molar-refractivity contribution in [2.45, 2.75) is 0 Å². The van der Waals surface area contributed by atoms with Gasteiger partial charge in [0.05, 0.1) is 28.9 Å². The van der Waals surface area contributed by atoms with Gasteiger partial charge < -0.3 is 4.90 Å². The molecule has 0 saturated carbocycles. The summed E-state index contributed by atoms with van der Waals surface area (Å²) >= 11 is 1.76. The monoisotopic (exact) mass is 734 g/mol. The van der Waals surface area contributed by atoms with Gasteiger partial charge in [-0.3, -0.25) is 0 Å². The molecule has 0 bridgehead atoms. The van der Waals surface area contributed by atoms with Crippen LogP contribution in [0.1, 0.15) is 0 Å². The molecule has 0 N–H and O–H groups in total. The molecule has 0 fully saturated rings. The van der Waals surface area contributed by atoms with Crippen LogP contribution in [0.25, 0.3) is 86.4 Å². The maximum atomic E-state index is 5.11. The molecule has 11 aromatic rings. The lowest BCUT2D eigenvalue weighted by Gasteiger charge is -2.26. The lowest BCUT2D eigenvalue weighted by atomic mass is 9.96. The summed E-state index contributed by atoms with van der Waals surface area (Å²) in [4.78, 5) is 8.48. The Balaban J connectivity index is 1.02. The zero-order valence-corrected chi connectivity index (χ0v) is 30.7. The minimum absolute atomic E-state index is 0.879. The number of hydrogen-bond donors (Lipinski definition) is 0. The minimum atomic E-state index is 0.879. The molecular formula is C49H30N6S. The maximum absolute atomic E-state index is 5.11. The van der Waals surface area contributed by atoms with E-state index in [1.165, 1.54) is 21.0 Å². The Bertz CT molecular complexity index is 3130. The third kappa shape index (κ3) is 5.52. The zero-order chi connectivity index (χ0) is 37.0. The predicted octanol–water partition coefficient (Wildman–Crippen LogP) is 13.0. The van der Waals surface area contributed by atoms with Crippen molar-refractivity contribution in [3.05, 3.63) is 182 Å². The summed E-state index contributed by atoms with van der Waals surface area (Å²) in [5.74, 6) is 0. The number of para-hydroxylation sites is 1. The van der Waals surface area contributed by atoms with Gasteiger partial charge in [-0.25, -0.2) is 4.98 Å². The van der Waals surface area contributed by atoms with Crippen LogP contribution in [0.3, 0.4) is 0 Å². The summed E-state index contributed by atoms with van der Waals surface area (Å²) in [5, 5.41) is 22.6. The zero-order valence-electron chi connectivity index (χ0n) is 29.9. The first-order valence-corrected chi connectivity index (χ1v) is 19.3. The number of benzene rings is 7. The van der Waals surface area contributed by atoms with Gasteiger partial charge in [-0.05, 0) is 101 Å². The van der Waals surface area contributed by atoms with Crippen LogP contribution in [0.15, 0.2) is 182 Å². The van der Waals surface area contributed by atoms with Gasteiger partial charge in [-0.1, -0.05) is 97.1 Å². The van der Waals surface area contributed by atoms with Crippen LogP contribution in [-0.4, -0.2) is 25.4 Å². The maximum Gasteiger partial charge on any atom is 0.125 e. The average molecular weight is 735 g/mol. The molecule has 0 radical (unpaired) electrons. The molecule has 7 heteroatoms. The smallest absolute Gasteiger partial charge is 0.125 e. The number of rotatable bonds is 6. The number of hydrogen-bond acceptors (Lipinski definition) is 7. The highest BCUT2D eigenvalue weighted by atomic mass is 32.1. The first-order chi connectivity index (χ1) is 27.7. The average Bonchev–Trinajstić information content (AvgIpc) is 3.64. The van der Waals surface area contributed by atoms with Crippen molar-refractivity contribution in [2.75, 3.05) is 4.90 Å². The van der Waals surface area contributed by atoms with Crippen molar-refractivity contribution in [3.8, 4) is 33.4 Å². The predicted molar refractivity (Wildman–Crippen MR) is 232 cm³/mol. The molecule has 4 aromatic heterocycles. The largest absolute Gasteiger partial charge is 0.311 e. The van der Waals surface area contributed by atoms with Crippen LogP contribution in [0.4, 0.5) is 17.1 Å². The van der Waals surface area contributed by atoms with Crippen LogP contribution in [0.5, 0.6) is 0 Å². The Hall–Kier alpha value is -7.35. The third-order valence-corrected chi connectivity index (χ3v) is 11.7. The summed E-state index contributed by atoms with van der Waals surface area (Å²) in [6.45, 7) is 0. The van der Waals surface area contributed by atoms with Crippen molar-refractivity contribution in [3.63, 3.8) is 0 Å². The van der Waals surface area contributed by atoms with E-state index >= 15 is 0 Å². The minimum Gasteiger partial charge on any atom is -0.311 e. The van der Waals surface area contributed by atoms with Gasteiger partial charge in [0.1, 0.15) is 4.83 Å². The lowest BCUT2D eigenvalue weighted by molar-refractivity contribution is 1.08. The van der Waals surface area contributed by atoms with Crippen LogP contribution >= 0.6 is 11.3 Å². The highest BCUT2D eigenvalue weighted by Crippen LogP contribution is 2.44. The molecule has 0 aliphatic carbocycles. The summed E-state index contributed by atoms with van der Waals surface area (Å²) in [7, 11) is 0. The SMILES string of the molecule is c1ccc2c(-c3ccc(N(c4ccc(-c5ccc6ccnnc6c5)cc4)c4ccc(-c5ccc6ccnnc6c5)cc4)cc3)c3c(nc2c1)sc1ccccc13. The van der Waals surface area contributed by atoms with Gasteiger partial charge in [-0.15, -0.1) is 11.3 Å². The first-order valence-electron chi connectivity index (χ1n) is 18.5. The molecule has 0 saturated heterocycles. The standard InChI is InChI=1S/C49H30N6S/c1-3-7-43-41(5-1)47(48-42-6-2-4-8-46(42)56-49(48)52-43)35-17-23-40(24-18-35)55(38-19-13-31(14-20-38)36-11-9-33-25-27-50-53-44(33)29-36)39-21-15-32(16-22-39)37-12-10-34-26-28-51-54-45(34)30-37/h1-30H. The number of aromatic nitrogens is 5. The summed E-state index contributed by atoms with van der Waals surface area (Å²) in [6, 6.07) is 60.2. The van der Waals surface area contributed by atoms with Gasteiger partial charge in [0.2, 0.25) is 0 Å². The molecule has 11 rings (SSSR count). The van der Waals surface area contributed by atoms with Gasteiger partial charge in [0.15, 0.2) is 0 Å². The van der Waals surface area contributed by atoms with E-state index in [-0.39, 0.29) is 0 Å². The fourth-order valence-electron chi connectivity index (χ4n) is 7.83. The Morgan fingerprint density at radius 1 is 0.411 bits per heavy atom. The van der Waals surface area contributed by atoms with Crippen molar-refractivity contribution in [1.82, 2.24) is 25.4 Å². The molecule has 0 unspecified atom stereocenters. The second-order valence-corrected chi connectivity index (χ2v) is 14.9. The van der Waals surface area contributed by atoms with Crippen LogP contribution in [-0.2, 0) is 0 Å². The fourth-order valence-corrected chi connectivity index (χ4v) is 8.92. The van der Waals surface area contributed by atoms with Crippen LogP contribution in [0, 0.1) is 0 Å². The van der Waals surface area contributed by atoms with Crippen molar-refractivity contribution < 1.29 is 0 Å². The molecule has 0 aliphatic rings. The number of nitrogens with zero attached hydrogens (tertiary/aromatic N) is 6. The number of thiophene rings is 1. The van der Waals surface area contributed by atoms with E-state index < -0.39 is 0 Å².